The smallest absolute Gasteiger partial charge is 0.493 e. The van der Waals surface area contributed by atoms with Crippen molar-refractivity contribution < 1.29 is 37.0 Å². The van der Waals surface area contributed by atoms with E-state index in [4.69, 9.17) is 9.47 Å². The quantitative estimate of drug-likeness (QED) is 0.575. The Labute approximate surface area is 219 Å². The Hall–Kier alpha value is -3.47. The van der Waals surface area contributed by atoms with Gasteiger partial charge in [0.05, 0.1) is 19.8 Å². The number of hydrogen-bond acceptors (Lipinski definition) is 6. The second-order valence-electron chi connectivity index (χ2n) is 9.40. The van der Waals surface area contributed by atoms with E-state index in [1.54, 1.807) is 23.1 Å². The third kappa shape index (κ3) is 6.50. The van der Waals surface area contributed by atoms with E-state index >= 15 is 0 Å². The third-order valence-electron chi connectivity index (χ3n) is 7.03. The molecule has 2 atom stereocenters. The first-order chi connectivity index (χ1) is 18.2. The molecule has 8 nitrogen and oxygen atoms in total. The number of carbonyl (C=O) groups excluding carboxylic acids is 2. The predicted octanol–water partition coefficient (Wildman–Crippen LogP) is 4.10. The van der Waals surface area contributed by atoms with Crippen LogP contribution in [0, 0.1) is 0 Å². The largest absolute Gasteiger partial charge is 0.573 e. The standard InChI is InChI=1S/C27H32F3N3O5/c1-36-23-11-10-18(16-24(23)37-2)26(35)33-15-12-20(21(17-33)32-13-6-3-7-14-32)31-25(34)19-8-4-5-9-22(19)38-27(28,29)30/h4-5,8-11,16,20-21H,3,6-7,12-15,17H2,1-2H3,(H,31,34). The third-order valence-corrected chi connectivity index (χ3v) is 7.03. The van der Waals surface area contributed by atoms with Gasteiger partial charge >= 0.3 is 6.36 Å². The summed E-state index contributed by atoms with van der Waals surface area (Å²) < 4.78 is 53.3. The summed E-state index contributed by atoms with van der Waals surface area (Å²) in [7, 11) is 3.03. The van der Waals surface area contributed by atoms with Gasteiger partial charge in [-0.3, -0.25) is 14.5 Å². The number of halogens is 3. The number of alkyl halides is 3. The van der Waals surface area contributed by atoms with Gasteiger partial charge in [-0.25, -0.2) is 0 Å². The first kappa shape index (κ1) is 27.6. The number of amides is 2. The molecule has 0 aromatic heterocycles. The average molecular weight is 536 g/mol. The maximum Gasteiger partial charge on any atom is 0.573 e. The van der Waals surface area contributed by atoms with E-state index in [-0.39, 0.29) is 23.6 Å². The number of rotatable bonds is 7. The summed E-state index contributed by atoms with van der Waals surface area (Å²) in [5, 5.41) is 2.94. The van der Waals surface area contributed by atoms with Crippen LogP contribution in [-0.4, -0.2) is 80.5 Å². The maximum absolute atomic E-state index is 13.4. The van der Waals surface area contributed by atoms with E-state index in [2.05, 4.69) is 15.0 Å². The normalized spacial score (nSPS) is 20.5. The lowest BCUT2D eigenvalue weighted by molar-refractivity contribution is -0.274. The predicted molar refractivity (Wildman–Crippen MR) is 134 cm³/mol. The molecule has 4 rings (SSSR count). The molecule has 206 valence electrons. The number of ether oxygens (including phenoxy) is 3. The lowest BCUT2D eigenvalue weighted by Crippen LogP contribution is -2.62. The minimum absolute atomic E-state index is 0.165. The first-order valence-corrected chi connectivity index (χ1v) is 12.6. The van der Waals surface area contributed by atoms with E-state index in [1.165, 1.54) is 32.4 Å². The van der Waals surface area contributed by atoms with Crippen molar-refractivity contribution >= 4 is 11.8 Å². The van der Waals surface area contributed by atoms with Gasteiger partial charge < -0.3 is 24.4 Å². The van der Waals surface area contributed by atoms with Gasteiger partial charge in [-0.15, -0.1) is 13.2 Å². The van der Waals surface area contributed by atoms with Crippen LogP contribution in [0.25, 0.3) is 0 Å². The fraction of sp³-hybridized carbons (Fsp3) is 0.481. The van der Waals surface area contributed by atoms with Crippen molar-refractivity contribution in [3.63, 3.8) is 0 Å². The van der Waals surface area contributed by atoms with Gasteiger partial charge in [0.15, 0.2) is 11.5 Å². The van der Waals surface area contributed by atoms with Crippen molar-refractivity contribution in [3.8, 4) is 17.2 Å². The summed E-state index contributed by atoms with van der Waals surface area (Å²) in [4.78, 5) is 30.6. The topological polar surface area (TPSA) is 80.3 Å². The lowest BCUT2D eigenvalue weighted by atomic mass is 9.94. The van der Waals surface area contributed by atoms with E-state index in [1.807, 2.05) is 0 Å². The van der Waals surface area contributed by atoms with Crippen LogP contribution in [0.15, 0.2) is 42.5 Å². The van der Waals surface area contributed by atoms with Crippen molar-refractivity contribution in [3.05, 3.63) is 53.6 Å². The molecule has 2 fully saturated rings. The van der Waals surface area contributed by atoms with Crippen molar-refractivity contribution in [2.24, 2.45) is 0 Å². The molecular weight excluding hydrogens is 503 g/mol. The zero-order chi connectivity index (χ0) is 27.3. The van der Waals surface area contributed by atoms with Gasteiger partial charge in [0.1, 0.15) is 5.75 Å². The van der Waals surface area contributed by atoms with E-state index in [9.17, 15) is 22.8 Å². The number of nitrogens with one attached hydrogen (secondary N) is 1. The Bertz CT molecular complexity index is 1140. The minimum Gasteiger partial charge on any atom is -0.493 e. The molecule has 2 aliphatic rings. The highest BCUT2D eigenvalue weighted by Gasteiger charge is 2.38. The number of carbonyl (C=O) groups is 2. The van der Waals surface area contributed by atoms with Gasteiger partial charge in [-0.1, -0.05) is 18.6 Å². The van der Waals surface area contributed by atoms with Crippen molar-refractivity contribution in [1.29, 1.82) is 0 Å². The highest BCUT2D eigenvalue weighted by molar-refractivity contribution is 5.97. The number of benzene rings is 2. The SMILES string of the molecule is COc1ccc(C(=O)N2CCC(NC(=O)c3ccccc3OC(F)(F)F)C(N3CCCCC3)C2)cc1OC. The van der Waals surface area contributed by atoms with Crippen LogP contribution in [0.5, 0.6) is 17.2 Å². The molecule has 2 unspecified atom stereocenters. The molecule has 0 aliphatic carbocycles. The zero-order valence-electron chi connectivity index (χ0n) is 21.4. The fourth-order valence-electron chi connectivity index (χ4n) is 5.17. The molecule has 0 saturated carbocycles. The molecule has 11 heteroatoms. The Morgan fingerprint density at radius 1 is 0.921 bits per heavy atom. The van der Waals surface area contributed by atoms with Crippen molar-refractivity contribution in [2.45, 2.75) is 44.1 Å². The molecule has 38 heavy (non-hydrogen) atoms. The molecule has 2 heterocycles. The second kappa shape index (κ2) is 11.9. The highest BCUT2D eigenvalue weighted by atomic mass is 19.4. The van der Waals surface area contributed by atoms with E-state index in [0.717, 1.165) is 38.4 Å². The molecule has 2 saturated heterocycles. The molecular formula is C27H32F3N3O5. The van der Waals surface area contributed by atoms with Gasteiger partial charge in [-0.05, 0) is 62.7 Å². The van der Waals surface area contributed by atoms with Crippen LogP contribution in [0.3, 0.4) is 0 Å². The Kier molecular flexibility index (Phi) is 8.65. The summed E-state index contributed by atoms with van der Waals surface area (Å²) in [6, 6.07) is 9.77. The van der Waals surface area contributed by atoms with E-state index in [0.29, 0.717) is 36.6 Å². The Morgan fingerprint density at radius 2 is 1.63 bits per heavy atom. The summed E-state index contributed by atoms with van der Waals surface area (Å²) in [5.74, 6) is -0.384. The minimum atomic E-state index is -4.91. The number of hydrogen-bond donors (Lipinski definition) is 1. The molecule has 2 amide bonds. The van der Waals surface area contributed by atoms with Crippen molar-refractivity contribution in [1.82, 2.24) is 15.1 Å². The van der Waals surface area contributed by atoms with Crippen LogP contribution in [0.1, 0.15) is 46.4 Å². The van der Waals surface area contributed by atoms with Crippen LogP contribution in [0.4, 0.5) is 13.2 Å². The highest BCUT2D eigenvalue weighted by Crippen LogP contribution is 2.30. The molecule has 0 bridgehead atoms. The maximum atomic E-state index is 13.4. The number of likely N-dealkylation sites (tertiary alicyclic amines) is 2. The molecule has 2 aliphatic heterocycles. The summed E-state index contributed by atoms with van der Waals surface area (Å²) in [6.45, 7) is 2.40. The Balaban J connectivity index is 1.53. The lowest BCUT2D eigenvalue weighted by Gasteiger charge is -2.45. The van der Waals surface area contributed by atoms with Gasteiger partial charge in [0.25, 0.3) is 11.8 Å². The summed E-state index contributed by atoms with van der Waals surface area (Å²) >= 11 is 0. The van der Waals surface area contributed by atoms with E-state index < -0.39 is 18.0 Å². The molecule has 0 spiro atoms. The number of piperidine rings is 2. The second-order valence-corrected chi connectivity index (χ2v) is 9.40. The molecule has 0 radical (unpaired) electrons. The van der Waals surface area contributed by atoms with Crippen LogP contribution < -0.4 is 19.5 Å². The average Bonchev–Trinajstić information content (AvgIpc) is 2.92. The Morgan fingerprint density at radius 3 is 2.32 bits per heavy atom. The summed E-state index contributed by atoms with van der Waals surface area (Å²) in [6.07, 6.45) is -1.35. The number of para-hydroxylation sites is 1. The molecule has 2 aromatic carbocycles. The van der Waals surface area contributed by atoms with Gasteiger partial charge in [0, 0.05) is 30.7 Å². The number of methoxy groups -OCH3 is 2. The first-order valence-electron chi connectivity index (χ1n) is 12.6. The van der Waals surface area contributed by atoms with Gasteiger partial charge in [0.2, 0.25) is 0 Å². The molecule has 1 N–H and O–H groups in total. The van der Waals surface area contributed by atoms with Crippen LogP contribution in [0.2, 0.25) is 0 Å². The zero-order valence-corrected chi connectivity index (χ0v) is 21.4. The van der Waals surface area contributed by atoms with Crippen molar-refractivity contribution in [2.75, 3.05) is 40.4 Å². The monoisotopic (exact) mass is 535 g/mol. The van der Waals surface area contributed by atoms with Crippen LogP contribution >= 0.6 is 0 Å². The molecule has 2 aromatic rings. The number of nitrogens with zero attached hydrogens (tertiary/aromatic N) is 2. The summed E-state index contributed by atoms with van der Waals surface area (Å²) in [5.41, 5.74) is 0.270. The van der Waals surface area contributed by atoms with Crippen LogP contribution in [-0.2, 0) is 0 Å². The fourth-order valence-corrected chi connectivity index (χ4v) is 5.17. The van der Waals surface area contributed by atoms with Gasteiger partial charge in [-0.2, -0.15) is 0 Å².